The van der Waals surface area contributed by atoms with E-state index in [1.165, 1.54) is 48.2 Å². The van der Waals surface area contributed by atoms with Gasteiger partial charge in [-0.25, -0.2) is 17.5 Å². The molecule has 6 nitrogen and oxygen atoms in total. The molecule has 2 rings (SSSR count). The minimum absolute atomic E-state index is 0.0726. The minimum atomic E-state index is -3.62. The maximum absolute atomic E-state index is 13.8. The summed E-state index contributed by atoms with van der Waals surface area (Å²) in [4.78, 5) is 11.3. The van der Waals surface area contributed by atoms with Gasteiger partial charge in [-0.3, -0.25) is 4.79 Å². The number of carbonyl (C=O) groups is 1. The number of carbonyl (C=O) groups excluding carboxylic acids is 1. The zero-order valence-corrected chi connectivity index (χ0v) is 15.8. The van der Waals surface area contributed by atoms with Crippen LogP contribution in [0.25, 0.3) is 0 Å². The van der Waals surface area contributed by atoms with Gasteiger partial charge >= 0.3 is 0 Å². The summed E-state index contributed by atoms with van der Waals surface area (Å²) >= 11 is 7.01. The number of nitrogens with two attached hydrogens (primary N) is 1. The van der Waals surface area contributed by atoms with Crippen LogP contribution in [0.3, 0.4) is 0 Å². The van der Waals surface area contributed by atoms with Gasteiger partial charge in [-0.15, -0.1) is 11.8 Å². The molecule has 0 bridgehead atoms. The first-order chi connectivity index (χ1) is 12.3. The lowest BCUT2D eigenvalue weighted by molar-refractivity contribution is -0.120. The molecule has 2 aromatic carbocycles. The lowest BCUT2D eigenvalue weighted by Crippen LogP contribution is -2.25. The number of primary amides is 1. The van der Waals surface area contributed by atoms with Crippen LogP contribution in [-0.4, -0.2) is 33.2 Å². The van der Waals surface area contributed by atoms with E-state index in [4.69, 9.17) is 22.1 Å². The number of ether oxygens (including phenoxy) is 1. The molecule has 0 saturated heterocycles. The van der Waals surface area contributed by atoms with E-state index in [0.29, 0.717) is 15.7 Å². The SMILES string of the molecule is NC(=O)COc1ccc(SCCNS(=O)(=O)c2ccc(Cl)cc2)cc1F. The molecule has 0 saturated carbocycles. The Labute approximate surface area is 159 Å². The number of benzene rings is 2. The van der Waals surface area contributed by atoms with Crippen molar-refractivity contribution in [3.05, 3.63) is 53.3 Å². The van der Waals surface area contributed by atoms with Crippen LogP contribution in [0.4, 0.5) is 4.39 Å². The fourth-order valence-corrected chi connectivity index (χ4v) is 3.96. The lowest BCUT2D eigenvalue weighted by atomic mass is 10.3. The summed E-state index contributed by atoms with van der Waals surface area (Å²) in [6.07, 6.45) is 0. The first-order valence-electron chi connectivity index (χ1n) is 7.36. The Morgan fingerprint density at radius 3 is 2.54 bits per heavy atom. The van der Waals surface area contributed by atoms with E-state index < -0.39 is 28.4 Å². The van der Waals surface area contributed by atoms with Gasteiger partial charge in [0.1, 0.15) is 0 Å². The zero-order chi connectivity index (χ0) is 19.2. The Morgan fingerprint density at radius 2 is 1.92 bits per heavy atom. The molecule has 0 atom stereocenters. The van der Waals surface area contributed by atoms with Gasteiger partial charge in [0, 0.05) is 22.2 Å². The molecule has 0 aliphatic rings. The first kappa shape index (κ1) is 20.5. The molecule has 3 N–H and O–H groups in total. The Bertz CT molecular complexity index is 876. The molecule has 10 heteroatoms. The molecule has 0 aliphatic heterocycles. The third-order valence-corrected chi connectivity index (χ3v) is 5.78. The van der Waals surface area contributed by atoms with E-state index in [9.17, 15) is 17.6 Å². The number of thioether (sulfide) groups is 1. The van der Waals surface area contributed by atoms with Crippen LogP contribution in [0, 0.1) is 5.82 Å². The molecule has 0 unspecified atom stereocenters. The van der Waals surface area contributed by atoms with Crippen molar-refractivity contribution in [3.63, 3.8) is 0 Å². The summed E-state index contributed by atoms with van der Waals surface area (Å²) in [5, 5.41) is 0.449. The van der Waals surface area contributed by atoms with E-state index >= 15 is 0 Å². The van der Waals surface area contributed by atoms with Crippen molar-refractivity contribution in [3.8, 4) is 5.75 Å². The van der Waals surface area contributed by atoms with Crippen molar-refractivity contribution in [2.75, 3.05) is 18.9 Å². The monoisotopic (exact) mass is 418 g/mol. The largest absolute Gasteiger partial charge is 0.481 e. The van der Waals surface area contributed by atoms with Crippen LogP contribution in [-0.2, 0) is 14.8 Å². The summed E-state index contributed by atoms with van der Waals surface area (Å²) in [5.41, 5.74) is 4.93. The van der Waals surface area contributed by atoms with E-state index in [0.717, 1.165) is 0 Å². The van der Waals surface area contributed by atoms with Crippen molar-refractivity contribution in [2.24, 2.45) is 5.73 Å². The number of amides is 1. The summed E-state index contributed by atoms with van der Waals surface area (Å²) in [6, 6.07) is 10.1. The molecule has 0 fully saturated rings. The fourth-order valence-electron chi connectivity index (χ4n) is 1.88. The highest BCUT2D eigenvalue weighted by atomic mass is 35.5. The quantitative estimate of drug-likeness (QED) is 0.481. The number of hydrogen-bond donors (Lipinski definition) is 2. The number of hydrogen-bond acceptors (Lipinski definition) is 5. The molecule has 0 aliphatic carbocycles. The number of nitrogens with one attached hydrogen (secondary N) is 1. The Morgan fingerprint density at radius 1 is 1.23 bits per heavy atom. The fraction of sp³-hybridized carbons (Fsp3) is 0.188. The Balaban J connectivity index is 1.85. The maximum Gasteiger partial charge on any atom is 0.255 e. The molecular formula is C16H16ClFN2O4S2. The Hall–Kier alpha value is -1.81. The van der Waals surface area contributed by atoms with Gasteiger partial charge in [-0.1, -0.05) is 11.6 Å². The first-order valence-corrected chi connectivity index (χ1v) is 10.2. The summed E-state index contributed by atoms with van der Waals surface area (Å²) in [6.45, 7) is -0.243. The van der Waals surface area contributed by atoms with Gasteiger partial charge in [-0.2, -0.15) is 0 Å². The van der Waals surface area contributed by atoms with E-state index in [1.54, 1.807) is 6.07 Å². The summed E-state index contributed by atoms with van der Waals surface area (Å²) in [7, 11) is -3.62. The predicted molar refractivity (Wildman–Crippen MR) is 98.5 cm³/mol. The van der Waals surface area contributed by atoms with Crippen molar-refractivity contribution in [1.82, 2.24) is 4.72 Å². The van der Waals surface area contributed by atoms with Crippen LogP contribution < -0.4 is 15.2 Å². The summed E-state index contributed by atoms with van der Waals surface area (Å²) < 4.78 is 45.4. The van der Waals surface area contributed by atoms with Crippen molar-refractivity contribution < 1.29 is 22.3 Å². The summed E-state index contributed by atoms with van der Waals surface area (Å²) in [5.74, 6) is -1.00. The lowest BCUT2D eigenvalue weighted by Gasteiger charge is -2.08. The van der Waals surface area contributed by atoms with Crippen LogP contribution in [0.15, 0.2) is 52.3 Å². The van der Waals surface area contributed by atoms with Gasteiger partial charge in [-0.05, 0) is 42.5 Å². The molecule has 0 aromatic heterocycles. The van der Waals surface area contributed by atoms with Crippen molar-refractivity contribution >= 4 is 39.3 Å². The number of halogens is 2. The van der Waals surface area contributed by atoms with Gasteiger partial charge in [0.25, 0.3) is 5.91 Å². The molecule has 1 amide bonds. The second-order valence-corrected chi connectivity index (χ2v) is 8.42. The zero-order valence-electron chi connectivity index (χ0n) is 13.4. The topological polar surface area (TPSA) is 98.5 Å². The van der Waals surface area contributed by atoms with Gasteiger partial charge in [0.2, 0.25) is 10.0 Å². The average Bonchev–Trinajstić information content (AvgIpc) is 2.58. The second-order valence-electron chi connectivity index (χ2n) is 5.05. The highest BCUT2D eigenvalue weighted by Gasteiger charge is 2.13. The second kappa shape index (κ2) is 9.22. The average molecular weight is 419 g/mol. The smallest absolute Gasteiger partial charge is 0.255 e. The van der Waals surface area contributed by atoms with Gasteiger partial charge in [0.15, 0.2) is 18.2 Å². The third kappa shape index (κ3) is 6.17. The number of rotatable bonds is 9. The Kier molecular flexibility index (Phi) is 7.27. The third-order valence-electron chi connectivity index (χ3n) is 3.06. The molecule has 140 valence electrons. The highest BCUT2D eigenvalue weighted by molar-refractivity contribution is 7.99. The van der Waals surface area contributed by atoms with Crippen LogP contribution in [0.5, 0.6) is 5.75 Å². The molecule has 0 radical (unpaired) electrons. The van der Waals surface area contributed by atoms with Crippen LogP contribution in [0.2, 0.25) is 5.02 Å². The van der Waals surface area contributed by atoms with Crippen LogP contribution in [0.1, 0.15) is 0 Å². The highest BCUT2D eigenvalue weighted by Crippen LogP contribution is 2.25. The normalized spacial score (nSPS) is 11.3. The molecule has 2 aromatic rings. The predicted octanol–water partition coefficient (Wildman–Crippen LogP) is 2.41. The standard InChI is InChI=1S/C16H16ClFN2O4S2/c17-11-1-4-13(5-2-11)26(22,23)20-7-8-25-12-3-6-15(14(18)9-12)24-10-16(19)21/h1-6,9,20H,7-8,10H2,(H2,19,21). The van der Waals surface area contributed by atoms with E-state index in [-0.39, 0.29) is 17.2 Å². The van der Waals surface area contributed by atoms with Crippen LogP contribution >= 0.6 is 23.4 Å². The van der Waals surface area contributed by atoms with E-state index in [2.05, 4.69) is 4.72 Å². The molecular weight excluding hydrogens is 403 g/mol. The molecule has 0 heterocycles. The van der Waals surface area contributed by atoms with Gasteiger partial charge < -0.3 is 10.5 Å². The number of sulfonamides is 1. The molecule has 0 spiro atoms. The molecule has 26 heavy (non-hydrogen) atoms. The maximum atomic E-state index is 13.8. The van der Waals surface area contributed by atoms with E-state index in [1.807, 2.05) is 0 Å². The minimum Gasteiger partial charge on any atom is -0.481 e. The van der Waals surface area contributed by atoms with Crippen molar-refractivity contribution in [1.29, 1.82) is 0 Å². The van der Waals surface area contributed by atoms with Crippen molar-refractivity contribution in [2.45, 2.75) is 9.79 Å². The van der Waals surface area contributed by atoms with Gasteiger partial charge in [0.05, 0.1) is 4.90 Å².